The molecule has 22 heavy (non-hydrogen) atoms. The molecule has 0 aliphatic heterocycles. The smallest absolute Gasteiger partial charge is 0.307 e. The fourth-order valence-electron chi connectivity index (χ4n) is 3.61. The summed E-state index contributed by atoms with van der Waals surface area (Å²) in [5.74, 6) is 0.558. The van der Waals surface area contributed by atoms with E-state index in [0.717, 1.165) is 22.2 Å². The van der Waals surface area contributed by atoms with Crippen LogP contribution in [0.15, 0.2) is 46.9 Å². The van der Waals surface area contributed by atoms with Gasteiger partial charge in [0.15, 0.2) is 0 Å². The highest BCUT2D eigenvalue weighted by Gasteiger charge is 2.59. The van der Waals surface area contributed by atoms with Crippen molar-refractivity contribution in [1.82, 2.24) is 0 Å². The second-order valence-corrected chi connectivity index (χ2v) is 6.95. The van der Waals surface area contributed by atoms with Crippen LogP contribution in [0.1, 0.15) is 22.6 Å². The van der Waals surface area contributed by atoms with Gasteiger partial charge in [-0.3, -0.25) is 4.79 Å². The van der Waals surface area contributed by atoms with Crippen molar-refractivity contribution >= 4 is 21.9 Å². The lowest BCUT2D eigenvalue weighted by atomic mass is 10.0. The van der Waals surface area contributed by atoms with Gasteiger partial charge in [-0.1, -0.05) is 34.1 Å². The first kappa shape index (κ1) is 13.8. The van der Waals surface area contributed by atoms with Crippen molar-refractivity contribution in [3.63, 3.8) is 0 Å². The molecule has 0 aromatic heterocycles. The fraction of sp³-hybridized carbons (Fsp3) is 0.278. The van der Waals surface area contributed by atoms with E-state index in [4.69, 9.17) is 9.84 Å². The van der Waals surface area contributed by atoms with Gasteiger partial charge in [-0.15, -0.1) is 0 Å². The van der Waals surface area contributed by atoms with Crippen LogP contribution in [0.3, 0.4) is 0 Å². The summed E-state index contributed by atoms with van der Waals surface area (Å²) in [6.07, 6.45) is 0.866. The van der Waals surface area contributed by atoms with Crippen molar-refractivity contribution in [1.29, 1.82) is 0 Å². The molecule has 4 heteroatoms. The van der Waals surface area contributed by atoms with Crippen molar-refractivity contribution in [2.75, 3.05) is 0 Å². The van der Waals surface area contributed by atoms with Crippen LogP contribution in [0.25, 0.3) is 0 Å². The number of hydrogen-bond acceptors (Lipinski definition) is 2. The lowest BCUT2D eigenvalue weighted by molar-refractivity contribution is -0.139. The maximum atomic E-state index is 11.1. The van der Waals surface area contributed by atoms with Gasteiger partial charge in [0.05, 0.1) is 5.92 Å². The predicted molar refractivity (Wildman–Crippen MR) is 86.0 cm³/mol. The molecule has 1 fully saturated rings. The van der Waals surface area contributed by atoms with Gasteiger partial charge < -0.3 is 9.84 Å². The quantitative estimate of drug-likeness (QED) is 0.898. The minimum Gasteiger partial charge on any atom is -0.489 e. The van der Waals surface area contributed by atoms with Gasteiger partial charge in [-0.2, -0.15) is 0 Å². The summed E-state index contributed by atoms with van der Waals surface area (Å²) in [6, 6.07) is 14.1. The van der Waals surface area contributed by atoms with Gasteiger partial charge >= 0.3 is 5.97 Å². The van der Waals surface area contributed by atoms with E-state index in [0.29, 0.717) is 12.5 Å². The molecule has 2 aromatic carbocycles. The highest BCUT2D eigenvalue weighted by molar-refractivity contribution is 9.10. The van der Waals surface area contributed by atoms with Crippen LogP contribution in [0, 0.1) is 11.8 Å². The van der Waals surface area contributed by atoms with Gasteiger partial charge in [-0.25, -0.2) is 0 Å². The summed E-state index contributed by atoms with van der Waals surface area (Å²) in [6.45, 7) is 0.531. The van der Waals surface area contributed by atoms with E-state index in [2.05, 4.69) is 22.0 Å². The zero-order chi connectivity index (χ0) is 15.3. The molecule has 3 nitrogen and oxygen atoms in total. The highest BCUT2D eigenvalue weighted by atomic mass is 79.9. The van der Waals surface area contributed by atoms with E-state index in [1.165, 1.54) is 11.1 Å². The van der Waals surface area contributed by atoms with Crippen LogP contribution in [0.4, 0.5) is 0 Å². The Morgan fingerprint density at radius 2 is 2.14 bits per heavy atom. The van der Waals surface area contributed by atoms with Gasteiger partial charge in [-0.05, 0) is 53.3 Å². The Morgan fingerprint density at radius 3 is 2.91 bits per heavy atom. The van der Waals surface area contributed by atoms with Gasteiger partial charge in [0, 0.05) is 10.4 Å². The number of hydrogen-bond donors (Lipinski definition) is 1. The number of aliphatic carboxylic acids is 1. The second-order valence-electron chi connectivity index (χ2n) is 6.04. The van der Waals surface area contributed by atoms with Gasteiger partial charge in [0.25, 0.3) is 0 Å². The number of carboxylic acids is 1. The standard InChI is InChI=1S/C18H15BrO3/c19-12-3-1-2-10(6-12)9-22-13-4-5-14-11(7-13)8-15-16(14)17(15)18(20)21/h1-7,15-17H,8-9H2,(H,20,21)/t15-,16+,17+/m1/s1. The molecular weight excluding hydrogens is 344 g/mol. The minimum atomic E-state index is -0.657. The lowest BCUT2D eigenvalue weighted by Gasteiger charge is -2.10. The average molecular weight is 359 g/mol. The molecule has 1 saturated carbocycles. The van der Waals surface area contributed by atoms with Gasteiger partial charge in [0.2, 0.25) is 0 Å². The molecule has 1 N–H and O–H groups in total. The Morgan fingerprint density at radius 1 is 1.27 bits per heavy atom. The number of benzene rings is 2. The molecule has 0 unspecified atom stereocenters. The van der Waals surface area contributed by atoms with Crippen molar-refractivity contribution < 1.29 is 14.6 Å². The van der Waals surface area contributed by atoms with E-state index in [1.807, 2.05) is 36.4 Å². The summed E-state index contributed by atoms with van der Waals surface area (Å²) in [5, 5.41) is 9.14. The van der Waals surface area contributed by atoms with Crippen LogP contribution in [0.2, 0.25) is 0 Å². The predicted octanol–water partition coefficient (Wildman–Crippen LogP) is 4.00. The number of carbonyl (C=O) groups is 1. The summed E-state index contributed by atoms with van der Waals surface area (Å²) in [5.41, 5.74) is 3.56. The number of carboxylic acid groups (broad SMARTS) is 1. The molecule has 0 amide bonds. The summed E-state index contributed by atoms with van der Waals surface area (Å²) >= 11 is 3.45. The van der Waals surface area contributed by atoms with Crippen LogP contribution in [-0.2, 0) is 17.8 Å². The molecule has 4 rings (SSSR count). The zero-order valence-corrected chi connectivity index (χ0v) is 13.4. The van der Waals surface area contributed by atoms with Crippen molar-refractivity contribution in [2.24, 2.45) is 11.8 Å². The third-order valence-corrected chi connectivity index (χ3v) is 5.17. The number of halogens is 1. The molecule has 0 bridgehead atoms. The molecule has 3 atom stereocenters. The van der Waals surface area contributed by atoms with Crippen LogP contribution >= 0.6 is 15.9 Å². The molecule has 0 saturated heterocycles. The minimum absolute atomic E-state index is 0.166. The Bertz CT molecular complexity index is 756. The third-order valence-electron chi connectivity index (χ3n) is 4.68. The summed E-state index contributed by atoms with van der Waals surface area (Å²) < 4.78 is 6.90. The molecular formula is C18H15BrO3. The maximum Gasteiger partial charge on any atom is 0.307 e. The zero-order valence-electron chi connectivity index (χ0n) is 11.8. The van der Waals surface area contributed by atoms with E-state index in [9.17, 15) is 4.79 Å². The van der Waals surface area contributed by atoms with Crippen molar-refractivity contribution in [2.45, 2.75) is 18.9 Å². The maximum absolute atomic E-state index is 11.1. The number of fused-ring (bicyclic) bond motifs is 3. The Balaban J connectivity index is 1.46. The fourth-order valence-corrected chi connectivity index (χ4v) is 4.06. The number of rotatable bonds is 4. The first-order valence-corrected chi connectivity index (χ1v) is 8.15. The van der Waals surface area contributed by atoms with E-state index >= 15 is 0 Å². The van der Waals surface area contributed by atoms with E-state index in [-0.39, 0.29) is 11.8 Å². The molecule has 2 aliphatic rings. The highest BCUT2D eigenvalue weighted by Crippen LogP contribution is 2.61. The first-order chi connectivity index (χ1) is 10.6. The van der Waals surface area contributed by atoms with E-state index in [1.54, 1.807) is 0 Å². The number of ether oxygens (including phenoxy) is 1. The van der Waals surface area contributed by atoms with Crippen LogP contribution < -0.4 is 4.74 Å². The molecule has 112 valence electrons. The Hall–Kier alpha value is -1.81. The topological polar surface area (TPSA) is 46.5 Å². The molecule has 2 aromatic rings. The molecule has 0 spiro atoms. The third kappa shape index (κ3) is 2.31. The SMILES string of the molecule is O=C(O)[C@H]1[C@@H]2Cc3cc(OCc4cccc(Br)c4)ccc3[C@@H]21. The molecule has 2 aliphatic carbocycles. The molecule has 0 heterocycles. The Labute approximate surface area is 137 Å². The van der Waals surface area contributed by atoms with Crippen LogP contribution in [-0.4, -0.2) is 11.1 Å². The van der Waals surface area contributed by atoms with Crippen molar-refractivity contribution in [3.05, 3.63) is 63.6 Å². The first-order valence-electron chi connectivity index (χ1n) is 7.36. The second kappa shape index (κ2) is 5.13. The van der Waals surface area contributed by atoms with Crippen molar-refractivity contribution in [3.8, 4) is 5.75 Å². The summed E-state index contributed by atoms with van der Waals surface area (Å²) in [4.78, 5) is 11.1. The normalized spacial score (nSPS) is 24.5. The van der Waals surface area contributed by atoms with Gasteiger partial charge in [0.1, 0.15) is 12.4 Å². The average Bonchev–Trinajstić information content (AvgIpc) is 3.09. The molecule has 0 radical (unpaired) electrons. The van der Waals surface area contributed by atoms with Crippen LogP contribution in [0.5, 0.6) is 5.75 Å². The monoisotopic (exact) mass is 358 g/mol. The lowest BCUT2D eigenvalue weighted by Crippen LogP contribution is -2.05. The van der Waals surface area contributed by atoms with E-state index < -0.39 is 5.97 Å². The Kier molecular flexibility index (Phi) is 3.22. The largest absolute Gasteiger partial charge is 0.489 e. The summed E-state index contributed by atoms with van der Waals surface area (Å²) in [7, 11) is 0.